The molecule has 0 aliphatic rings. The molecule has 106 valence electrons. The quantitative estimate of drug-likeness (QED) is 0.908. The van der Waals surface area contributed by atoms with E-state index in [1.54, 1.807) is 11.3 Å². The summed E-state index contributed by atoms with van der Waals surface area (Å²) in [5, 5.41) is 5.92. The van der Waals surface area contributed by atoms with Crippen LogP contribution < -0.4 is 11.1 Å². The number of rotatable bonds is 4. The predicted octanol–water partition coefficient (Wildman–Crippen LogP) is 3.18. The fourth-order valence-corrected chi connectivity index (χ4v) is 2.46. The van der Waals surface area contributed by atoms with Crippen molar-refractivity contribution in [2.24, 2.45) is 5.73 Å². The van der Waals surface area contributed by atoms with Crippen LogP contribution in [0.2, 0.25) is 0 Å². The lowest BCUT2D eigenvalue weighted by molar-refractivity contribution is -0.117. The van der Waals surface area contributed by atoms with Crippen molar-refractivity contribution in [2.75, 3.05) is 5.32 Å². The van der Waals surface area contributed by atoms with Gasteiger partial charge in [-0.05, 0) is 32.9 Å². The van der Waals surface area contributed by atoms with Gasteiger partial charge in [0.25, 0.3) is 0 Å². The summed E-state index contributed by atoms with van der Waals surface area (Å²) in [5.41, 5.74) is 8.11. The molecule has 4 nitrogen and oxygen atoms in total. The normalized spacial score (nSPS) is 11.4. The van der Waals surface area contributed by atoms with E-state index in [1.165, 1.54) is 0 Å². The van der Waals surface area contributed by atoms with Crippen LogP contribution in [0.1, 0.15) is 25.3 Å². The molecule has 0 bridgehead atoms. The number of carbonyl (C=O) groups is 1. The number of hydrogen-bond acceptors (Lipinski definition) is 4. The van der Waals surface area contributed by atoms with Crippen LogP contribution in [0, 0.1) is 6.92 Å². The van der Waals surface area contributed by atoms with Crippen molar-refractivity contribution in [1.29, 1.82) is 0 Å². The van der Waals surface area contributed by atoms with Crippen LogP contribution in [0.5, 0.6) is 0 Å². The number of hydrogen-bond donors (Lipinski definition) is 2. The number of aromatic nitrogens is 1. The van der Waals surface area contributed by atoms with Gasteiger partial charge in [0, 0.05) is 28.6 Å². The molecule has 0 radical (unpaired) electrons. The molecule has 0 unspecified atom stereocenters. The van der Waals surface area contributed by atoms with Gasteiger partial charge >= 0.3 is 0 Å². The van der Waals surface area contributed by atoms with Crippen molar-refractivity contribution in [2.45, 2.75) is 32.7 Å². The van der Waals surface area contributed by atoms with E-state index in [4.69, 9.17) is 5.73 Å². The maximum Gasteiger partial charge on any atom is 0.226 e. The molecule has 2 rings (SSSR count). The van der Waals surface area contributed by atoms with E-state index in [9.17, 15) is 4.79 Å². The van der Waals surface area contributed by atoms with Gasteiger partial charge in [-0.1, -0.05) is 12.1 Å². The fourth-order valence-electron chi connectivity index (χ4n) is 1.84. The Morgan fingerprint density at radius 3 is 2.50 bits per heavy atom. The first kappa shape index (κ1) is 14.7. The summed E-state index contributed by atoms with van der Waals surface area (Å²) < 4.78 is 0. The number of thiazole rings is 1. The molecule has 1 aromatic carbocycles. The Morgan fingerprint density at radius 2 is 2.00 bits per heavy atom. The second-order valence-electron chi connectivity index (χ2n) is 5.54. The van der Waals surface area contributed by atoms with Gasteiger partial charge in [0.15, 0.2) is 0 Å². The van der Waals surface area contributed by atoms with Gasteiger partial charge in [-0.15, -0.1) is 11.3 Å². The van der Waals surface area contributed by atoms with Crippen LogP contribution in [-0.2, 0) is 4.79 Å². The Labute approximate surface area is 123 Å². The zero-order chi connectivity index (χ0) is 14.8. The van der Waals surface area contributed by atoms with Gasteiger partial charge in [0.05, 0.1) is 10.7 Å². The molecular weight excluding hydrogens is 270 g/mol. The number of benzene rings is 1. The van der Waals surface area contributed by atoms with Crippen LogP contribution in [0.15, 0.2) is 29.6 Å². The maximum absolute atomic E-state index is 11.8. The lowest BCUT2D eigenvalue weighted by Gasteiger charge is -2.17. The Morgan fingerprint density at radius 1 is 1.35 bits per heavy atom. The smallest absolute Gasteiger partial charge is 0.226 e. The van der Waals surface area contributed by atoms with Gasteiger partial charge in [0.2, 0.25) is 5.91 Å². The SMILES string of the molecule is Cc1nc(-c2ccc(NC(=O)CC(C)(C)N)cc2)cs1. The van der Waals surface area contributed by atoms with E-state index in [0.717, 1.165) is 22.0 Å². The second-order valence-corrected chi connectivity index (χ2v) is 6.60. The van der Waals surface area contributed by atoms with E-state index in [-0.39, 0.29) is 5.91 Å². The van der Waals surface area contributed by atoms with Crippen molar-refractivity contribution in [1.82, 2.24) is 4.98 Å². The molecule has 0 aliphatic carbocycles. The number of carbonyl (C=O) groups excluding carboxylic acids is 1. The summed E-state index contributed by atoms with van der Waals surface area (Å²) in [6.07, 6.45) is 0.292. The summed E-state index contributed by atoms with van der Waals surface area (Å²) in [6.45, 7) is 5.65. The molecule has 0 atom stereocenters. The van der Waals surface area contributed by atoms with Gasteiger partial charge in [-0.2, -0.15) is 0 Å². The molecule has 0 saturated carbocycles. The van der Waals surface area contributed by atoms with E-state index < -0.39 is 5.54 Å². The first-order valence-corrected chi connectivity index (χ1v) is 7.33. The number of aryl methyl sites for hydroxylation is 1. The molecule has 5 heteroatoms. The third kappa shape index (κ3) is 4.15. The average Bonchev–Trinajstić information content (AvgIpc) is 2.74. The molecule has 1 aromatic heterocycles. The first-order chi connectivity index (χ1) is 9.33. The third-order valence-corrected chi connectivity index (χ3v) is 3.47. The van der Waals surface area contributed by atoms with Crippen molar-refractivity contribution >= 4 is 22.9 Å². The van der Waals surface area contributed by atoms with E-state index in [1.807, 2.05) is 50.4 Å². The van der Waals surface area contributed by atoms with Crippen LogP contribution >= 0.6 is 11.3 Å². The highest BCUT2D eigenvalue weighted by molar-refractivity contribution is 7.09. The molecule has 20 heavy (non-hydrogen) atoms. The van der Waals surface area contributed by atoms with Crippen LogP contribution in [0.4, 0.5) is 5.69 Å². The highest BCUT2D eigenvalue weighted by Crippen LogP contribution is 2.23. The topological polar surface area (TPSA) is 68.0 Å². The van der Waals surface area contributed by atoms with Crippen LogP contribution in [-0.4, -0.2) is 16.4 Å². The van der Waals surface area contributed by atoms with Crippen molar-refractivity contribution < 1.29 is 4.79 Å². The molecule has 3 N–H and O–H groups in total. The number of nitrogens with zero attached hydrogens (tertiary/aromatic N) is 1. The van der Waals surface area contributed by atoms with E-state index in [0.29, 0.717) is 6.42 Å². The zero-order valence-corrected chi connectivity index (χ0v) is 12.8. The van der Waals surface area contributed by atoms with E-state index >= 15 is 0 Å². The minimum Gasteiger partial charge on any atom is -0.326 e. The standard InChI is InChI=1S/C15H19N3OS/c1-10-17-13(9-20-10)11-4-6-12(7-5-11)18-14(19)8-15(2,3)16/h4-7,9H,8,16H2,1-3H3,(H,18,19). The average molecular weight is 289 g/mol. The molecule has 1 amide bonds. The number of amides is 1. The summed E-state index contributed by atoms with van der Waals surface area (Å²) in [7, 11) is 0. The Hall–Kier alpha value is -1.72. The lowest BCUT2D eigenvalue weighted by atomic mass is 10.0. The lowest BCUT2D eigenvalue weighted by Crippen LogP contribution is -2.36. The van der Waals surface area contributed by atoms with Crippen molar-refractivity contribution in [3.8, 4) is 11.3 Å². The highest BCUT2D eigenvalue weighted by Gasteiger charge is 2.16. The fraction of sp³-hybridized carbons (Fsp3) is 0.333. The summed E-state index contributed by atoms with van der Waals surface area (Å²) >= 11 is 1.63. The van der Waals surface area contributed by atoms with Crippen molar-refractivity contribution in [3.05, 3.63) is 34.7 Å². The number of nitrogens with two attached hydrogens (primary N) is 1. The molecule has 1 heterocycles. The van der Waals surface area contributed by atoms with Gasteiger partial charge in [-0.3, -0.25) is 4.79 Å². The maximum atomic E-state index is 11.8. The van der Waals surface area contributed by atoms with E-state index in [2.05, 4.69) is 10.3 Å². The van der Waals surface area contributed by atoms with Gasteiger partial charge < -0.3 is 11.1 Å². The number of nitrogens with one attached hydrogen (secondary N) is 1. The largest absolute Gasteiger partial charge is 0.326 e. The molecular formula is C15H19N3OS. The Kier molecular flexibility index (Phi) is 4.20. The molecule has 0 fully saturated rings. The number of anilines is 1. The van der Waals surface area contributed by atoms with Crippen molar-refractivity contribution in [3.63, 3.8) is 0 Å². The second kappa shape index (κ2) is 5.73. The third-order valence-electron chi connectivity index (χ3n) is 2.70. The molecule has 0 aliphatic heterocycles. The van der Waals surface area contributed by atoms with Crippen LogP contribution in [0.3, 0.4) is 0 Å². The predicted molar refractivity (Wildman–Crippen MR) is 83.8 cm³/mol. The zero-order valence-electron chi connectivity index (χ0n) is 11.9. The molecule has 2 aromatic rings. The Balaban J connectivity index is 2.03. The monoisotopic (exact) mass is 289 g/mol. The van der Waals surface area contributed by atoms with Gasteiger partial charge in [-0.25, -0.2) is 4.98 Å². The minimum atomic E-state index is -0.498. The summed E-state index contributed by atoms with van der Waals surface area (Å²) in [4.78, 5) is 16.2. The summed E-state index contributed by atoms with van der Waals surface area (Å²) in [6, 6.07) is 7.67. The minimum absolute atomic E-state index is 0.0743. The van der Waals surface area contributed by atoms with Crippen LogP contribution in [0.25, 0.3) is 11.3 Å². The summed E-state index contributed by atoms with van der Waals surface area (Å²) in [5.74, 6) is -0.0743. The highest BCUT2D eigenvalue weighted by atomic mass is 32.1. The first-order valence-electron chi connectivity index (χ1n) is 6.45. The molecule has 0 spiro atoms. The van der Waals surface area contributed by atoms with Gasteiger partial charge in [0.1, 0.15) is 0 Å². The Bertz CT molecular complexity index is 596. The molecule has 0 saturated heterocycles.